The summed E-state index contributed by atoms with van der Waals surface area (Å²) in [6.45, 7) is 6.14. The molecule has 1 aromatic heterocycles. The largest absolute Gasteiger partial charge is 0.394 e. The van der Waals surface area contributed by atoms with E-state index in [0.717, 1.165) is 0 Å². The van der Waals surface area contributed by atoms with Crippen molar-refractivity contribution in [3.63, 3.8) is 0 Å². The summed E-state index contributed by atoms with van der Waals surface area (Å²) in [6.07, 6.45) is -0.202. The molecule has 0 aromatic carbocycles. The highest BCUT2D eigenvalue weighted by molar-refractivity contribution is 6.83. The van der Waals surface area contributed by atoms with Crippen LogP contribution < -0.4 is 11.4 Å². The van der Waals surface area contributed by atoms with Crippen LogP contribution in [0.2, 0.25) is 19.6 Å². The van der Waals surface area contributed by atoms with E-state index in [0.29, 0.717) is 12.0 Å². The predicted octanol–water partition coefficient (Wildman–Crippen LogP) is 0.0886. The Bertz CT molecular complexity index is 808. The molecule has 0 bridgehead atoms. The van der Waals surface area contributed by atoms with Crippen molar-refractivity contribution in [1.29, 1.82) is 0 Å². The summed E-state index contributed by atoms with van der Waals surface area (Å²) < 4.78 is 6.72. The molecule has 25 heavy (non-hydrogen) atoms. The topological polar surface area (TPSA) is 111 Å². The number of nitrogens with zero attached hydrogens (tertiary/aromatic N) is 2. The maximum Gasteiger partial charge on any atom is 0.351 e. The molecule has 8 heteroatoms. The van der Waals surface area contributed by atoms with E-state index in [1.165, 1.54) is 10.8 Å². The minimum absolute atomic E-state index is 0.0455. The van der Waals surface area contributed by atoms with E-state index in [4.69, 9.17) is 15.6 Å². The summed E-state index contributed by atoms with van der Waals surface area (Å²) in [6, 6.07) is 0. The molecule has 7 nitrogen and oxygen atoms in total. The molecule has 1 saturated heterocycles. The molecule has 0 unspecified atom stereocenters. The molecule has 2 rings (SSSR count). The van der Waals surface area contributed by atoms with Crippen LogP contribution in [0.5, 0.6) is 0 Å². The van der Waals surface area contributed by atoms with Gasteiger partial charge in [-0.05, 0) is 0 Å². The fourth-order valence-electron chi connectivity index (χ4n) is 2.33. The summed E-state index contributed by atoms with van der Waals surface area (Å²) in [5.74, 6) is 8.87. The van der Waals surface area contributed by atoms with Crippen molar-refractivity contribution in [2.45, 2.75) is 50.9 Å². The minimum Gasteiger partial charge on any atom is -0.394 e. The Kier molecular flexibility index (Phi) is 6.04. The number of hydrogen-bond donors (Lipinski definition) is 3. The van der Waals surface area contributed by atoms with Crippen molar-refractivity contribution in [2.75, 3.05) is 12.3 Å². The number of rotatable bonds is 2. The smallest absolute Gasteiger partial charge is 0.351 e. The summed E-state index contributed by atoms with van der Waals surface area (Å²) >= 11 is 0. The highest BCUT2D eigenvalue weighted by atomic mass is 28.3. The number of aliphatic hydroxyl groups is 2. The van der Waals surface area contributed by atoms with Gasteiger partial charge in [0.15, 0.2) is 0 Å². The second-order valence-electron chi connectivity index (χ2n) is 6.87. The van der Waals surface area contributed by atoms with Crippen molar-refractivity contribution < 1.29 is 14.9 Å². The van der Waals surface area contributed by atoms with Gasteiger partial charge in [-0.1, -0.05) is 37.4 Å². The molecule has 2 heterocycles. The van der Waals surface area contributed by atoms with Crippen LogP contribution in [0, 0.1) is 23.3 Å². The molecule has 1 aromatic rings. The minimum atomic E-state index is -1.42. The molecule has 0 aliphatic carbocycles. The van der Waals surface area contributed by atoms with E-state index in [1.807, 2.05) is 0 Å². The molecule has 0 saturated carbocycles. The lowest BCUT2D eigenvalue weighted by Crippen LogP contribution is -2.28. The first kappa shape index (κ1) is 19.2. The van der Waals surface area contributed by atoms with Crippen molar-refractivity contribution in [2.24, 2.45) is 0 Å². The van der Waals surface area contributed by atoms with Crippen LogP contribution >= 0.6 is 0 Å². The maximum atomic E-state index is 12.0. The lowest BCUT2D eigenvalue weighted by Gasteiger charge is -2.14. The monoisotopic (exact) mass is 361 g/mol. The third kappa shape index (κ3) is 5.18. The Labute approximate surface area is 147 Å². The Balaban J connectivity index is 2.21. The van der Waals surface area contributed by atoms with Crippen molar-refractivity contribution in [3.05, 3.63) is 22.2 Å². The number of hydrogen-bond acceptors (Lipinski definition) is 6. The average Bonchev–Trinajstić information content (AvgIpc) is 2.88. The molecule has 1 fully saturated rings. The Morgan fingerprint density at radius 2 is 2.16 bits per heavy atom. The van der Waals surface area contributed by atoms with Gasteiger partial charge in [0.2, 0.25) is 0 Å². The van der Waals surface area contributed by atoms with Crippen LogP contribution in [-0.2, 0) is 4.74 Å². The van der Waals surface area contributed by atoms with E-state index in [1.54, 1.807) is 0 Å². The second-order valence-corrected chi connectivity index (χ2v) is 11.6. The van der Waals surface area contributed by atoms with Gasteiger partial charge < -0.3 is 20.7 Å². The summed E-state index contributed by atoms with van der Waals surface area (Å²) in [7, 11) is -1.42. The number of ether oxygens (including phenoxy) is 1. The van der Waals surface area contributed by atoms with Crippen molar-refractivity contribution >= 4 is 13.9 Å². The van der Waals surface area contributed by atoms with E-state index in [2.05, 4.69) is 47.9 Å². The fourth-order valence-corrected chi connectivity index (χ4v) is 2.95. The first-order valence-corrected chi connectivity index (χ1v) is 11.5. The first-order chi connectivity index (χ1) is 11.7. The average molecular weight is 361 g/mol. The highest BCUT2D eigenvalue weighted by Crippen LogP contribution is 2.27. The van der Waals surface area contributed by atoms with Gasteiger partial charge in [0.1, 0.15) is 26.2 Å². The van der Waals surface area contributed by atoms with Gasteiger partial charge in [0, 0.05) is 12.6 Å². The van der Waals surface area contributed by atoms with Crippen LogP contribution in [0.4, 0.5) is 5.82 Å². The molecule has 0 spiro atoms. The van der Waals surface area contributed by atoms with Gasteiger partial charge in [-0.2, -0.15) is 4.98 Å². The molecule has 1 aliphatic heterocycles. The normalized spacial score (nSPS) is 22.7. The van der Waals surface area contributed by atoms with Crippen molar-refractivity contribution in [1.82, 2.24) is 9.55 Å². The molecule has 0 amide bonds. The standard InChI is InChI=1S/C17H23N3O4Si/c1-25(2,3)8-6-4-5-7-12-10-20(17(23)19-16(12)18)15-9-13(22)14(11-21)24-15/h10,13-15,21-22H,4,9,11H2,1-3H3,(H2,18,19,23)/t13-,14-,15-/m1/s1. The third-order valence-electron chi connectivity index (χ3n) is 3.54. The molecule has 134 valence electrons. The van der Waals surface area contributed by atoms with E-state index >= 15 is 0 Å². The van der Waals surface area contributed by atoms with Crippen LogP contribution in [-0.4, -0.2) is 46.7 Å². The van der Waals surface area contributed by atoms with Gasteiger partial charge in [-0.3, -0.25) is 4.57 Å². The SMILES string of the molecule is C[Si](C)(C)C#CCC#Cc1cn([C@H]2C[C@@H](O)[C@@H](CO)O2)c(=O)nc1N. The lowest BCUT2D eigenvalue weighted by atomic mass is 10.2. The van der Waals surface area contributed by atoms with Gasteiger partial charge >= 0.3 is 5.69 Å². The number of aromatic nitrogens is 2. The van der Waals surface area contributed by atoms with Gasteiger partial charge in [-0.25, -0.2) is 4.79 Å². The van der Waals surface area contributed by atoms with Crippen molar-refractivity contribution in [3.8, 4) is 23.3 Å². The number of nitrogens with two attached hydrogens (primary N) is 1. The van der Waals surface area contributed by atoms with Crippen LogP contribution in [0.3, 0.4) is 0 Å². The molecule has 1 aliphatic rings. The molecular formula is C17H23N3O4Si. The first-order valence-electron chi connectivity index (χ1n) is 8.03. The van der Waals surface area contributed by atoms with E-state index in [-0.39, 0.29) is 18.8 Å². The quantitative estimate of drug-likeness (QED) is 0.509. The Hall–Kier alpha value is -2.10. The fraction of sp³-hybridized carbons (Fsp3) is 0.529. The summed E-state index contributed by atoms with van der Waals surface area (Å²) in [5.41, 5.74) is 8.80. The second kappa shape index (κ2) is 7.85. The number of anilines is 1. The van der Waals surface area contributed by atoms with Gasteiger partial charge in [0.05, 0.1) is 24.7 Å². The lowest BCUT2D eigenvalue weighted by molar-refractivity contribution is -0.0458. The Morgan fingerprint density at radius 3 is 2.76 bits per heavy atom. The molecule has 4 N–H and O–H groups in total. The molecular weight excluding hydrogens is 338 g/mol. The molecule has 0 radical (unpaired) electrons. The number of nitrogen functional groups attached to an aromatic ring is 1. The zero-order valence-corrected chi connectivity index (χ0v) is 15.6. The Morgan fingerprint density at radius 1 is 1.44 bits per heavy atom. The summed E-state index contributed by atoms with van der Waals surface area (Å²) in [5, 5.41) is 19.0. The third-order valence-corrected chi connectivity index (χ3v) is 4.47. The van der Waals surface area contributed by atoms with Gasteiger partial charge in [-0.15, -0.1) is 5.54 Å². The van der Waals surface area contributed by atoms with Gasteiger partial charge in [0.25, 0.3) is 0 Å². The van der Waals surface area contributed by atoms with E-state index < -0.39 is 32.2 Å². The molecule has 3 atom stereocenters. The van der Waals surface area contributed by atoms with E-state index in [9.17, 15) is 9.90 Å². The van der Waals surface area contributed by atoms with Crippen LogP contribution in [0.1, 0.15) is 24.6 Å². The zero-order chi connectivity index (χ0) is 18.6. The highest BCUT2D eigenvalue weighted by Gasteiger charge is 2.35. The summed E-state index contributed by atoms with van der Waals surface area (Å²) in [4.78, 5) is 15.8. The van der Waals surface area contributed by atoms with Crippen LogP contribution in [0.15, 0.2) is 11.0 Å². The van der Waals surface area contributed by atoms with Crippen LogP contribution in [0.25, 0.3) is 0 Å². The zero-order valence-electron chi connectivity index (χ0n) is 14.6. The number of aliphatic hydroxyl groups excluding tert-OH is 2. The maximum absolute atomic E-state index is 12.0. The predicted molar refractivity (Wildman–Crippen MR) is 97.1 cm³/mol.